The zero-order valence-corrected chi connectivity index (χ0v) is 17.7. The van der Waals surface area contributed by atoms with Gasteiger partial charge in [-0.2, -0.15) is 0 Å². The van der Waals surface area contributed by atoms with Crippen molar-refractivity contribution in [2.24, 2.45) is 4.99 Å². The number of halogens is 1. The van der Waals surface area contributed by atoms with E-state index in [2.05, 4.69) is 38.0 Å². The smallest absolute Gasteiger partial charge is 0.191 e. The molecule has 3 rings (SSSR count). The SMILES string of the molecule is CN=C(NCCc1csc(N2CCCC2)n1)NCc1ccccc1.I. The number of hydrogen-bond donors (Lipinski definition) is 2. The molecule has 1 aliphatic rings. The van der Waals surface area contributed by atoms with E-state index >= 15 is 0 Å². The highest BCUT2D eigenvalue weighted by Gasteiger charge is 2.15. The molecular weight excluding hydrogens is 445 g/mol. The van der Waals surface area contributed by atoms with E-state index in [1.807, 2.05) is 18.2 Å². The Hall–Kier alpha value is -1.35. The summed E-state index contributed by atoms with van der Waals surface area (Å²) in [5, 5.41) is 10.0. The summed E-state index contributed by atoms with van der Waals surface area (Å²) in [7, 11) is 1.80. The monoisotopic (exact) mass is 471 g/mol. The summed E-state index contributed by atoms with van der Waals surface area (Å²) in [5.41, 5.74) is 2.41. The van der Waals surface area contributed by atoms with Gasteiger partial charge >= 0.3 is 0 Å². The van der Waals surface area contributed by atoms with E-state index in [0.29, 0.717) is 0 Å². The zero-order valence-electron chi connectivity index (χ0n) is 14.6. The second-order valence-corrected chi connectivity index (χ2v) is 6.74. The van der Waals surface area contributed by atoms with Crippen molar-refractivity contribution in [1.82, 2.24) is 15.6 Å². The summed E-state index contributed by atoms with van der Waals surface area (Å²) in [6.07, 6.45) is 3.50. The number of hydrogen-bond acceptors (Lipinski definition) is 4. The maximum atomic E-state index is 4.75. The second kappa shape index (κ2) is 10.6. The van der Waals surface area contributed by atoms with Gasteiger partial charge in [0.05, 0.1) is 5.69 Å². The highest BCUT2D eigenvalue weighted by molar-refractivity contribution is 14.0. The number of guanidine groups is 1. The predicted octanol–water partition coefficient (Wildman–Crippen LogP) is 3.27. The maximum Gasteiger partial charge on any atom is 0.191 e. The highest BCUT2D eigenvalue weighted by atomic mass is 127. The molecule has 1 aromatic heterocycles. The lowest BCUT2D eigenvalue weighted by atomic mass is 10.2. The standard InChI is InChI=1S/C18H25N5S.HI/c1-19-17(21-13-15-7-3-2-4-8-15)20-10-9-16-14-24-18(22-16)23-11-5-6-12-23;/h2-4,7-8,14H,5-6,9-13H2,1H3,(H2,19,20,21);1H. The Morgan fingerprint density at radius 3 is 2.68 bits per heavy atom. The molecule has 25 heavy (non-hydrogen) atoms. The van der Waals surface area contributed by atoms with Gasteiger partial charge < -0.3 is 15.5 Å². The van der Waals surface area contributed by atoms with Crippen molar-refractivity contribution < 1.29 is 0 Å². The Balaban J connectivity index is 0.00000225. The van der Waals surface area contributed by atoms with Crippen molar-refractivity contribution in [3.8, 4) is 0 Å². The van der Waals surface area contributed by atoms with E-state index in [0.717, 1.165) is 44.3 Å². The average molecular weight is 471 g/mol. The first-order valence-electron chi connectivity index (χ1n) is 8.53. The first kappa shape index (κ1) is 20.0. The van der Waals surface area contributed by atoms with E-state index in [1.165, 1.54) is 23.5 Å². The van der Waals surface area contributed by atoms with Gasteiger partial charge in [0, 0.05) is 45.0 Å². The van der Waals surface area contributed by atoms with Crippen LogP contribution in [0.2, 0.25) is 0 Å². The normalized spacial score (nSPS) is 14.3. The minimum absolute atomic E-state index is 0. The van der Waals surface area contributed by atoms with Gasteiger partial charge in [-0.1, -0.05) is 30.3 Å². The third-order valence-electron chi connectivity index (χ3n) is 4.12. The first-order chi connectivity index (χ1) is 11.8. The van der Waals surface area contributed by atoms with Gasteiger partial charge in [-0.05, 0) is 18.4 Å². The molecule has 0 unspecified atom stereocenters. The topological polar surface area (TPSA) is 52.6 Å². The fourth-order valence-electron chi connectivity index (χ4n) is 2.78. The van der Waals surface area contributed by atoms with Crippen molar-refractivity contribution in [2.75, 3.05) is 31.6 Å². The van der Waals surface area contributed by atoms with Crippen LogP contribution in [0.3, 0.4) is 0 Å². The molecule has 1 aromatic carbocycles. The van der Waals surface area contributed by atoms with Crippen LogP contribution in [-0.4, -0.2) is 37.6 Å². The third-order valence-corrected chi connectivity index (χ3v) is 5.07. The van der Waals surface area contributed by atoms with Gasteiger partial charge in [-0.15, -0.1) is 35.3 Å². The van der Waals surface area contributed by atoms with E-state index < -0.39 is 0 Å². The van der Waals surface area contributed by atoms with Crippen LogP contribution in [-0.2, 0) is 13.0 Å². The highest BCUT2D eigenvalue weighted by Crippen LogP contribution is 2.24. The van der Waals surface area contributed by atoms with Crippen LogP contribution in [0.1, 0.15) is 24.1 Å². The second-order valence-electron chi connectivity index (χ2n) is 5.90. The minimum atomic E-state index is 0. The van der Waals surface area contributed by atoms with Gasteiger partial charge in [0.15, 0.2) is 11.1 Å². The molecule has 5 nitrogen and oxygen atoms in total. The lowest BCUT2D eigenvalue weighted by Crippen LogP contribution is -2.37. The summed E-state index contributed by atoms with van der Waals surface area (Å²) in [6.45, 7) is 3.91. The number of benzene rings is 1. The summed E-state index contributed by atoms with van der Waals surface area (Å²) in [6, 6.07) is 10.3. The number of nitrogens with one attached hydrogen (secondary N) is 2. The Bertz CT molecular complexity index is 652. The van der Waals surface area contributed by atoms with Crippen LogP contribution in [0.15, 0.2) is 40.7 Å². The molecule has 1 aliphatic heterocycles. The predicted molar refractivity (Wildman–Crippen MR) is 117 cm³/mol. The number of rotatable bonds is 6. The fourth-order valence-corrected chi connectivity index (χ4v) is 3.69. The van der Waals surface area contributed by atoms with Crippen LogP contribution in [0.25, 0.3) is 0 Å². The summed E-state index contributed by atoms with van der Waals surface area (Å²) < 4.78 is 0. The van der Waals surface area contributed by atoms with E-state index in [9.17, 15) is 0 Å². The summed E-state index contributed by atoms with van der Waals surface area (Å²) in [5.74, 6) is 0.828. The quantitative estimate of drug-likeness (QED) is 0.386. The van der Waals surface area contributed by atoms with Gasteiger partial charge in [0.25, 0.3) is 0 Å². The summed E-state index contributed by atoms with van der Waals surface area (Å²) in [4.78, 5) is 11.4. The Morgan fingerprint density at radius 2 is 1.96 bits per heavy atom. The van der Waals surface area contributed by atoms with Gasteiger partial charge in [-0.3, -0.25) is 4.99 Å². The number of aliphatic imine (C=N–C) groups is 1. The van der Waals surface area contributed by atoms with Crippen molar-refractivity contribution in [2.45, 2.75) is 25.8 Å². The lowest BCUT2D eigenvalue weighted by Gasteiger charge is -2.12. The Morgan fingerprint density at radius 1 is 1.20 bits per heavy atom. The lowest BCUT2D eigenvalue weighted by molar-refractivity contribution is 0.785. The van der Waals surface area contributed by atoms with Crippen LogP contribution < -0.4 is 15.5 Å². The van der Waals surface area contributed by atoms with Gasteiger partial charge in [0.2, 0.25) is 0 Å². The number of anilines is 1. The van der Waals surface area contributed by atoms with Crippen LogP contribution in [0.4, 0.5) is 5.13 Å². The first-order valence-corrected chi connectivity index (χ1v) is 9.41. The molecule has 7 heteroatoms. The molecule has 2 N–H and O–H groups in total. The van der Waals surface area contributed by atoms with E-state index in [1.54, 1.807) is 18.4 Å². The average Bonchev–Trinajstić information content (AvgIpc) is 3.30. The van der Waals surface area contributed by atoms with Gasteiger partial charge in [0.1, 0.15) is 0 Å². The molecule has 0 aliphatic carbocycles. The number of thiazole rings is 1. The molecule has 0 amide bonds. The molecule has 0 spiro atoms. The van der Waals surface area contributed by atoms with Crippen LogP contribution in [0.5, 0.6) is 0 Å². The molecule has 0 saturated carbocycles. The molecule has 136 valence electrons. The molecule has 1 fully saturated rings. The molecule has 0 atom stereocenters. The fraction of sp³-hybridized carbons (Fsp3) is 0.444. The zero-order chi connectivity index (χ0) is 16.6. The summed E-state index contributed by atoms with van der Waals surface area (Å²) >= 11 is 1.76. The van der Waals surface area contributed by atoms with Crippen molar-refractivity contribution in [3.63, 3.8) is 0 Å². The van der Waals surface area contributed by atoms with E-state index in [-0.39, 0.29) is 24.0 Å². The number of nitrogens with zero attached hydrogens (tertiary/aromatic N) is 3. The molecule has 1 saturated heterocycles. The van der Waals surface area contributed by atoms with Crippen LogP contribution >= 0.6 is 35.3 Å². The van der Waals surface area contributed by atoms with Crippen LogP contribution in [0, 0.1) is 0 Å². The third kappa shape index (κ3) is 6.14. The Kier molecular flexibility index (Phi) is 8.47. The van der Waals surface area contributed by atoms with Crippen molar-refractivity contribution in [1.29, 1.82) is 0 Å². The maximum absolute atomic E-state index is 4.75. The molecule has 0 bridgehead atoms. The van der Waals surface area contributed by atoms with Gasteiger partial charge in [-0.25, -0.2) is 4.98 Å². The van der Waals surface area contributed by atoms with Crippen molar-refractivity contribution in [3.05, 3.63) is 47.0 Å². The largest absolute Gasteiger partial charge is 0.356 e. The molecule has 0 radical (unpaired) electrons. The molecular formula is C18H26IN5S. The van der Waals surface area contributed by atoms with E-state index in [4.69, 9.17) is 4.98 Å². The Labute approximate surface area is 171 Å². The van der Waals surface area contributed by atoms with Crippen molar-refractivity contribution >= 4 is 46.4 Å². The molecule has 2 aromatic rings. The minimum Gasteiger partial charge on any atom is -0.356 e. The number of aromatic nitrogens is 1. The molecule has 2 heterocycles.